The first-order valence-electron chi connectivity index (χ1n) is 7.52. The number of rotatable bonds is 4. The zero-order valence-electron chi connectivity index (χ0n) is 10.9. The van der Waals surface area contributed by atoms with Crippen LogP contribution in [-0.4, -0.2) is 49.3 Å². The van der Waals surface area contributed by atoms with Crippen molar-refractivity contribution in [3.05, 3.63) is 0 Å². The second-order valence-corrected chi connectivity index (χ2v) is 5.87. The lowest BCUT2D eigenvalue weighted by molar-refractivity contribution is 0.102. The van der Waals surface area contributed by atoms with E-state index in [4.69, 9.17) is 4.74 Å². The number of hydrogen-bond donors (Lipinski definition) is 1. The van der Waals surface area contributed by atoms with E-state index in [1.54, 1.807) is 0 Å². The molecule has 0 spiro atoms. The van der Waals surface area contributed by atoms with Gasteiger partial charge in [0.1, 0.15) is 0 Å². The van der Waals surface area contributed by atoms with Crippen LogP contribution in [0.2, 0.25) is 0 Å². The summed E-state index contributed by atoms with van der Waals surface area (Å²) in [5.41, 5.74) is 0. The van der Waals surface area contributed by atoms with Gasteiger partial charge >= 0.3 is 0 Å². The van der Waals surface area contributed by atoms with E-state index < -0.39 is 0 Å². The lowest BCUT2D eigenvalue weighted by Gasteiger charge is -2.32. The molecule has 3 aliphatic rings. The van der Waals surface area contributed by atoms with E-state index in [1.165, 1.54) is 58.0 Å². The number of piperidine rings is 1. The van der Waals surface area contributed by atoms with Crippen LogP contribution in [0.1, 0.15) is 44.9 Å². The Morgan fingerprint density at radius 2 is 2.06 bits per heavy atom. The summed E-state index contributed by atoms with van der Waals surface area (Å²) in [4.78, 5) is 2.70. The smallest absolute Gasteiger partial charge is 0.0588 e. The average Bonchev–Trinajstić information content (AvgIpc) is 2.99. The molecule has 3 rings (SSSR count). The zero-order chi connectivity index (χ0) is 11.5. The number of nitrogens with zero attached hydrogens (tertiary/aromatic N) is 1. The summed E-state index contributed by atoms with van der Waals surface area (Å²) in [6, 6.07) is 1.60. The van der Waals surface area contributed by atoms with E-state index >= 15 is 0 Å². The van der Waals surface area contributed by atoms with Gasteiger partial charge in [-0.15, -0.1) is 0 Å². The summed E-state index contributed by atoms with van der Waals surface area (Å²) in [7, 11) is 0. The third-order valence-electron chi connectivity index (χ3n) is 4.75. The lowest BCUT2D eigenvalue weighted by atomic mass is 9.99. The minimum Gasteiger partial charge on any atom is -0.378 e. The van der Waals surface area contributed by atoms with Crippen molar-refractivity contribution in [2.24, 2.45) is 0 Å². The highest BCUT2D eigenvalue weighted by Crippen LogP contribution is 2.27. The van der Waals surface area contributed by atoms with Crippen molar-refractivity contribution >= 4 is 0 Å². The molecule has 0 bridgehead atoms. The van der Waals surface area contributed by atoms with Crippen LogP contribution in [0.5, 0.6) is 0 Å². The Morgan fingerprint density at radius 3 is 2.94 bits per heavy atom. The highest BCUT2D eigenvalue weighted by molar-refractivity contribution is 4.93. The summed E-state index contributed by atoms with van der Waals surface area (Å²) >= 11 is 0. The monoisotopic (exact) mass is 238 g/mol. The third-order valence-corrected chi connectivity index (χ3v) is 4.75. The number of hydrogen-bond acceptors (Lipinski definition) is 3. The Bertz CT molecular complexity index is 240. The van der Waals surface area contributed by atoms with Gasteiger partial charge < -0.3 is 10.1 Å². The van der Waals surface area contributed by atoms with Crippen molar-refractivity contribution in [1.29, 1.82) is 0 Å². The van der Waals surface area contributed by atoms with E-state index in [2.05, 4.69) is 10.2 Å². The van der Waals surface area contributed by atoms with Gasteiger partial charge in [0.15, 0.2) is 0 Å². The maximum Gasteiger partial charge on any atom is 0.0588 e. The normalized spacial score (nSPS) is 38.5. The second kappa shape index (κ2) is 5.68. The van der Waals surface area contributed by atoms with Crippen molar-refractivity contribution in [2.75, 3.05) is 26.2 Å². The summed E-state index contributed by atoms with van der Waals surface area (Å²) in [6.45, 7) is 4.81. The number of nitrogens with one attached hydrogen (secondary N) is 1. The van der Waals surface area contributed by atoms with Crippen LogP contribution < -0.4 is 5.32 Å². The maximum absolute atomic E-state index is 5.67. The van der Waals surface area contributed by atoms with Crippen molar-refractivity contribution < 1.29 is 4.74 Å². The maximum atomic E-state index is 5.67. The highest BCUT2D eigenvalue weighted by atomic mass is 16.5. The van der Waals surface area contributed by atoms with Crippen molar-refractivity contribution in [2.45, 2.75) is 63.1 Å². The van der Waals surface area contributed by atoms with Crippen LogP contribution in [0.3, 0.4) is 0 Å². The van der Waals surface area contributed by atoms with Crippen LogP contribution in [0.15, 0.2) is 0 Å². The molecule has 3 fully saturated rings. The van der Waals surface area contributed by atoms with Crippen LogP contribution in [0, 0.1) is 0 Å². The highest BCUT2D eigenvalue weighted by Gasteiger charge is 2.34. The lowest BCUT2D eigenvalue weighted by Crippen LogP contribution is -2.45. The number of ether oxygens (including phenoxy) is 1. The molecule has 3 unspecified atom stereocenters. The van der Waals surface area contributed by atoms with Gasteiger partial charge in [-0.05, 0) is 51.6 Å². The Labute approximate surface area is 105 Å². The van der Waals surface area contributed by atoms with Gasteiger partial charge in [-0.25, -0.2) is 0 Å². The molecule has 1 N–H and O–H groups in total. The molecule has 0 aliphatic carbocycles. The standard InChI is InChI=1S/C14H26N2O/c1-2-9-16-10-7-13(14(16)5-1)15-8-6-12-4-3-11-17-12/h12-15H,1-11H2. The molecule has 17 heavy (non-hydrogen) atoms. The molecule has 3 nitrogen and oxygen atoms in total. The molecule has 3 heteroatoms. The molecule has 3 aliphatic heterocycles. The SMILES string of the molecule is C1COC(CCNC2CCN3CCCCC23)C1. The van der Waals surface area contributed by atoms with Crippen molar-refractivity contribution in [1.82, 2.24) is 10.2 Å². The van der Waals surface area contributed by atoms with Crippen LogP contribution in [-0.2, 0) is 4.74 Å². The van der Waals surface area contributed by atoms with Gasteiger partial charge in [0, 0.05) is 25.2 Å². The molecule has 0 aromatic heterocycles. The van der Waals surface area contributed by atoms with Gasteiger partial charge in [0.25, 0.3) is 0 Å². The summed E-state index contributed by atoms with van der Waals surface area (Å²) in [5.74, 6) is 0. The zero-order valence-corrected chi connectivity index (χ0v) is 10.9. The van der Waals surface area contributed by atoms with Crippen molar-refractivity contribution in [3.8, 4) is 0 Å². The Hall–Kier alpha value is -0.120. The molecule has 0 aromatic rings. The van der Waals surface area contributed by atoms with Gasteiger partial charge in [-0.1, -0.05) is 6.42 Å². The minimum absolute atomic E-state index is 0.548. The van der Waals surface area contributed by atoms with Crippen molar-refractivity contribution in [3.63, 3.8) is 0 Å². The Kier molecular flexibility index (Phi) is 3.99. The fourth-order valence-corrected chi connectivity index (χ4v) is 3.79. The van der Waals surface area contributed by atoms with E-state index in [9.17, 15) is 0 Å². The first-order valence-corrected chi connectivity index (χ1v) is 7.52. The van der Waals surface area contributed by atoms with Gasteiger partial charge in [0.2, 0.25) is 0 Å². The molecule has 98 valence electrons. The summed E-state index contributed by atoms with van der Waals surface area (Å²) in [6.07, 6.45) is 9.93. The molecular weight excluding hydrogens is 212 g/mol. The first kappa shape index (κ1) is 11.9. The summed E-state index contributed by atoms with van der Waals surface area (Å²) in [5, 5.41) is 3.79. The largest absolute Gasteiger partial charge is 0.378 e. The summed E-state index contributed by atoms with van der Waals surface area (Å²) < 4.78 is 5.67. The molecule has 0 saturated carbocycles. The van der Waals surface area contributed by atoms with E-state index in [0.29, 0.717) is 6.10 Å². The van der Waals surface area contributed by atoms with Crippen LogP contribution >= 0.6 is 0 Å². The fourth-order valence-electron chi connectivity index (χ4n) is 3.79. The van der Waals surface area contributed by atoms with Gasteiger partial charge in [-0.3, -0.25) is 4.90 Å². The molecule has 3 atom stereocenters. The first-order chi connectivity index (χ1) is 8.43. The third kappa shape index (κ3) is 2.83. The van der Waals surface area contributed by atoms with Crippen LogP contribution in [0.4, 0.5) is 0 Å². The second-order valence-electron chi connectivity index (χ2n) is 5.87. The fraction of sp³-hybridized carbons (Fsp3) is 1.00. The van der Waals surface area contributed by atoms with Crippen LogP contribution in [0.25, 0.3) is 0 Å². The number of fused-ring (bicyclic) bond motifs is 1. The predicted molar refractivity (Wildman–Crippen MR) is 69.2 cm³/mol. The quantitative estimate of drug-likeness (QED) is 0.808. The molecular formula is C14H26N2O. The Balaban J connectivity index is 1.39. The average molecular weight is 238 g/mol. The minimum atomic E-state index is 0.548. The van der Waals surface area contributed by atoms with E-state index in [1.807, 2.05) is 0 Å². The molecule has 3 heterocycles. The molecule has 0 aromatic carbocycles. The molecule has 0 amide bonds. The topological polar surface area (TPSA) is 24.5 Å². The van der Waals surface area contributed by atoms with E-state index in [-0.39, 0.29) is 0 Å². The Morgan fingerprint density at radius 1 is 1.06 bits per heavy atom. The van der Waals surface area contributed by atoms with E-state index in [0.717, 1.165) is 25.2 Å². The molecule has 0 radical (unpaired) electrons. The predicted octanol–water partition coefficient (Wildman–Crippen LogP) is 1.77. The van der Waals surface area contributed by atoms with Gasteiger partial charge in [-0.2, -0.15) is 0 Å². The van der Waals surface area contributed by atoms with Gasteiger partial charge in [0.05, 0.1) is 6.10 Å². The molecule has 3 saturated heterocycles.